The average molecular weight is 126 g/mol. The summed E-state index contributed by atoms with van der Waals surface area (Å²) in [5.41, 5.74) is 0. The van der Waals surface area contributed by atoms with E-state index in [0.29, 0.717) is 0 Å². The van der Waals surface area contributed by atoms with Gasteiger partial charge in [-0.15, -0.1) is 0 Å². The molecule has 0 aliphatic carbocycles. The zero-order chi connectivity index (χ0) is 2.71. The molecule has 0 aromatic heterocycles. The van der Waals surface area contributed by atoms with Gasteiger partial charge in [0.2, 0.25) is 0 Å². The predicted octanol–water partition coefficient (Wildman–Crippen LogP) is -0.212. The Morgan fingerprint density at radius 3 is 1.75 bits per heavy atom. The Morgan fingerprint density at radius 1 is 1.75 bits per heavy atom. The molecule has 0 fully saturated rings. The summed E-state index contributed by atoms with van der Waals surface area (Å²) in [7, 11) is 1.37. The van der Waals surface area contributed by atoms with Crippen molar-refractivity contribution in [3.05, 3.63) is 0 Å². The second kappa shape index (κ2) is 9.15. The van der Waals surface area contributed by atoms with Crippen molar-refractivity contribution in [3.8, 4) is 0 Å². The molecule has 0 saturated heterocycles. The fraction of sp³-hybridized carbons (Fsp3) is 1.00. The van der Waals surface area contributed by atoms with Gasteiger partial charge < -0.3 is 0 Å². The van der Waals surface area contributed by atoms with Crippen LogP contribution in [0.25, 0.3) is 0 Å². The SMILES string of the molecule is CC[SiH3].[Zn]. The Balaban J connectivity index is 0. The van der Waals surface area contributed by atoms with Crippen LogP contribution in [0.4, 0.5) is 0 Å². The van der Waals surface area contributed by atoms with Crippen molar-refractivity contribution in [1.29, 1.82) is 0 Å². The minimum Gasteiger partial charge on any atom is -0.0686 e. The van der Waals surface area contributed by atoms with E-state index in [4.69, 9.17) is 0 Å². The van der Waals surface area contributed by atoms with E-state index < -0.39 is 0 Å². The van der Waals surface area contributed by atoms with Crippen LogP contribution in [0.3, 0.4) is 0 Å². The third-order valence-corrected chi connectivity index (χ3v) is 0. The fourth-order valence-electron chi connectivity index (χ4n) is 0. The van der Waals surface area contributed by atoms with Gasteiger partial charge in [0, 0.05) is 29.7 Å². The molecule has 0 aliphatic heterocycles. The van der Waals surface area contributed by atoms with Gasteiger partial charge in [-0.1, -0.05) is 13.0 Å². The third kappa shape index (κ3) is 13.6. The average Bonchev–Trinajstić information content (AvgIpc) is 0.918. The molecule has 22 valence electrons. The van der Waals surface area contributed by atoms with Crippen LogP contribution in [-0.4, -0.2) is 10.2 Å². The largest absolute Gasteiger partial charge is 0.0686 e. The molecule has 0 aromatic carbocycles. The first-order valence-electron chi connectivity index (χ1n) is 1.41. The first-order chi connectivity index (χ1) is 1.41. The molecular formula is C2H8SiZn. The van der Waals surface area contributed by atoms with Crippen LogP contribution in [0.15, 0.2) is 0 Å². The molecule has 0 aromatic rings. The van der Waals surface area contributed by atoms with Gasteiger partial charge >= 0.3 is 0 Å². The van der Waals surface area contributed by atoms with Crippen LogP contribution in [-0.2, 0) is 19.5 Å². The van der Waals surface area contributed by atoms with E-state index in [1.54, 1.807) is 0 Å². The number of hydrogen-bond donors (Lipinski definition) is 0. The van der Waals surface area contributed by atoms with E-state index in [0.717, 1.165) is 0 Å². The van der Waals surface area contributed by atoms with Crippen LogP contribution in [0, 0.1) is 0 Å². The molecule has 0 N–H and O–H groups in total. The molecule has 2 heteroatoms. The van der Waals surface area contributed by atoms with Gasteiger partial charge in [0.15, 0.2) is 0 Å². The smallest absolute Gasteiger partial charge is 0.00244 e. The Bertz CT molecular complexity index is 6.00. The first kappa shape index (κ1) is 8.85. The summed E-state index contributed by atoms with van der Waals surface area (Å²) in [6, 6.07) is 1.39. The molecule has 0 bridgehead atoms. The molecule has 0 atom stereocenters. The van der Waals surface area contributed by atoms with Crippen LogP contribution in [0.1, 0.15) is 6.92 Å². The standard InChI is InChI=1S/C2H8Si.Zn/c1-2-3;/h2H2,1,3H3;. The van der Waals surface area contributed by atoms with Crippen molar-refractivity contribution in [2.75, 3.05) is 0 Å². The van der Waals surface area contributed by atoms with E-state index in [2.05, 4.69) is 6.92 Å². The Kier molecular flexibility index (Phi) is 20.2. The molecule has 0 amide bonds. The van der Waals surface area contributed by atoms with Crippen LogP contribution < -0.4 is 0 Å². The summed E-state index contributed by atoms with van der Waals surface area (Å²) in [5.74, 6) is 0. The van der Waals surface area contributed by atoms with Gasteiger partial charge in [-0.3, -0.25) is 0 Å². The molecule has 4 heavy (non-hydrogen) atoms. The van der Waals surface area contributed by atoms with E-state index in [1.807, 2.05) is 0 Å². The number of rotatable bonds is 0. The molecule has 0 nitrogen and oxygen atoms in total. The van der Waals surface area contributed by atoms with E-state index in [1.165, 1.54) is 16.3 Å². The summed E-state index contributed by atoms with van der Waals surface area (Å²) in [6.07, 6.45) is 0. The zero-order valence-corrected chi connectivity index (χ0v) is 8.38. The van der Waals surface area contributed by atoms with Gasteiger partial charge in [0.05, 0.1) is 0 Å². The monoisotopic (exact) mass is 124 g/mol. The van der Waals surface area contributed by atoms with Gasteiger partial charge in [-0.05, 0) is 0 Å². The summed E-state index contributed by atoms with van der Waals surface area (Å²) < 4.78 is 0. The molecule has 0 saturated carbocycles. The Hall–Kier alpha value is 0.840. The van der Waals surface area contributed by atoms with Crippen molar-refractivity contribution < 1.29 is 19.5 Å². The minimum atomic E-state index is 0. The van der Waals surface area contributed by atoms with Crippen LogP contribution in [0.5, 0.6) is 0 Å². The molecule has 0 heterocycles. The topological polar surface area (TPSA) is 0 Å². The van der Waals surface area contributed by atoms with Crippen molar-refractivity contribution >= 4 is 10.2 Å². The van der Waals surface area contributed by atoms with Gasteiger partial charge in [0.25, 0.3) is 0 Å². The first-order valence-corrected chi connectivity index (χ1v) is 2.83. The molecule has 0 aliphatic rings. The maximum atomic E-state index is 2.19. The third-order valence-electron chi connectivity index (χ3n) is 0. The summed E-state index contributed by atoms with van der Waals surface area (Å²) in [6.45, 7) is 2.19. The van der Waals surface area contributed by atoms with Gasteiger partial charge in [-0.25, -0.2) is 0 Å². The van der Waals surface area contributed by atoms with Crippen LogP contribution >= 0.6 is 0 Å². The van der Waals surface area contributed by atoms with Crippen molar-refractivity contribution in [2.45, 2.75) is 13.0 Å². The zero-order valence-electron chi connectivity index (χ0n) is 3.41. The van der Waals surface area contributed by atoms with Crippen LogP contribution in [0.2, 0.25) is 6.04 Å². The molecule has 0 rings (SSSR count). The minimum absolute atomic E-state index is 0. The molecular weight excluding hydrogens is 117 g/mol. The fourth-order valence-corrected chi connectivity index (χ4v) is 0. The van der Waals surface area contributed by atoms with Gasteiger partial charge in [-0.2, -0.15) is 0 Å². The molecule has 0 radical (unpaired) electrons. The normalized spacial score (nSPS) is 5.25. The maximum absolute atomic E-state index is 2.19. The van der Waals surface area contributed by atoms with E-state index in [9.17, 15) is 0 Å². The second-order valence-electron chi connectivity index (χ2n) is 0.707. The Labute approximate surface area is 43.2 Å². The second-order valence-corrected chi connectivity index (χ2v) is 2.12. The summed E-state index contributed by atoms with van der Waals surface area (Å²) >= 11 is 0. The quantitative estimate of drug-likeness (QED) is 0.393. The maximum Gasteiger partial charge on any atom is 0.00244 e. The summed E-state index contributed by atoms with van der Waals surface area (Å²) in [4.78, 5) is 0. The van der Waals surface area contributed by atoms with Crippen molar-refractivity contribution in [1.82, 2.24) is 0 Å². The molecule has 0 unspecified atom stereocenters. The van der Waals surface area contributed by atoms with Gasteiger partial charge in [0.1, 0.15) is 0 Å². The van der Waals surface area contributed by atoms with E-state index in [-0.39, 0.29) is 19.5 Å². The molecule has 0 spiro atoms. The van der Waals surface area contributed by atoms with Crippen molar-refractivity contribution in [2.24, 2.45) is 0 Å². The van der Waals surface area contributed by atoms with E-state index >= 15 is 0 Å². The predicted molar refractivity (Wildman–Crippen MR) is 20.4 cm³/mol. The Morgan fingerprint density at radius 2 is 1.75 bits per heavy atom. The van der Waals surface area contributed by atoms with Crippen molar-refractivity contribution in [3.63, 3.8) is 0 Å². The summed E-state index contributed by atoms with van der Waals surface area (Å²) in [5, 5.41) is 0. The number of hydrogen-bond acceptors (Lipinski definition) is 0.